The molecule has 0 bridgehead atoms. The van der Waals surface area contributed by atoms with Gasteiger partial charge in [0.15, 0.2) is 0 Å². The molecule has 23 heavy (non-hydrogen) atoms. The van der Waals surface area contributed by atoms with Gasteiger partial charge in [0.1, 0.15) is 0 Å². The van der Waals surface area contributed by atoms with Crippen molar-refractivity contribution >= 4 is 29.1 Å². The number of halogens is 1. The summed E-state index contributed by atoms with van der Waals surface area (Å²) >= 11 is 5.94. The first kappa shape index (κ1) is 14.4. The van der Waals surface area contributed by atoms with Gasteiger partial charge in [-0.25, -0.2) is 9.97 Å². The molecule has 0 atom stereocenters. The van der Waals surface area contributed by atoms with Crippen LogP contribution in [0, 0.1) is 0 Å². The molecule has 2 saturated heterocycles. The van der Waals surface area contributed by atoms with Crippen LogP contribution in [0.25, 0.3) is 0 Å². The Morgan fingerprint density at radius 1 is 1.30 bits per heavy atom. The van der Waals surface area contributed by atoms with Gasteiger partial charge in [-0.05, 0) is 24.6 Å². The first-order valence-electron chi connectivity index (χ1n) is 7.41. The summed E-state index contributed by atoms with van der Waals surface area (Å²) in [7, 11) is 0. The predicted octanol–water partition coefficient (Wildman–Crippen LogP) is 2.49. The molecule has 1 amide bonds. The van der Waals surface area contributed by atoms with Crippen molar-refractivity contribution in [3.8, 4) is 0 Å². The third-order valence-corrected chi connectivity index (χ3v) is 4.57. The molecule has 1 N–H and O–H groups in total. The van der Waals surface area contributed by atoms with Crippen LogP contribution in [0.5, 0.6) is 0 Å². The third kappa shape index (κ3) is 2.54. The molecule has 0 saturated carbocycles. The second-order valence-corrected chi connectivity index (χ2v) is 6.29. The van der Waals surface area contributed by atoms with Crippen LogP contribution >= 0.6 is 11.6 Å². The Hall–Kier alpha value is -2.18. The molecule has 2 aromatic rings. The van der Waals surface area contributed by atoms with Gasteiger partial charge in [-0.3, -0.25) is 4.79 Å². The van der Waals surface area contributed by atoms with E-state index in [1.807, 2.05) is 17.0 Å². The first-order chi connectivity index (χ1) is 11.2. The lowest BCUT2D eigenvalue weighted by Crippen LogP contribution is -2.72. The Balaban J connectivity index is 1.46. The summed E-state index contributed by atoms with van der Waals surface area (Å²) in [6.07, 6.45) is 4.11. The van der Waals surface area contributed by atoms with E-state index in [-0.39, 0.29) is 11.4 Å². The first-order valence-corrected chi connectivity index (χ1v) is 7.78. The Kier molecular flexibility index (Phi) is 3.43. The number of likely N-dealkylation sites (tertiary alicyclic amines) is 1. The second-order valence-electron chi connectivity index (χ2n) is 5.85. The highest BCUT2D eigenvalue weighted by Crippen LogP contribution is 2.38. The number of carbonyl (C=O) groups excluding carboxylic acids is 1. The largest absolute Gasteiger partial charge is 0.376 e. The van der Waals surface area contributed by atoms with E-state index in [0.717, 1.165) is 18.7 Å². The van der Waals surface area contributed by atoms with Crippen LogP contribution in [-0.4, -0.2) is 46.1 Å². The van der Waals surface area contributed by atoms with Crippen LogP contribution in [0.3, 0.4) is 0 Å². The minimum atomic E-state index is -0.0746. The number of anilines is 2. The topological polar surface area (TPSA) is 67.4 Å². The summed E-state index contributed by atoms with van der Waals surface area (Å²) in [5, 5.41) is 3.69. The normalized spacial score (nSPS) is 18.2. The lowest BCUT2D eigenvalue weighted by molar-refractivity contribution is -0.172. The van der Waals surface area contributed by atoms with Crippen molar-refractivity contribution in [3.05, 3.63) is 47.2 Å². The van der Waals surface area contributed by atoms with E-state index in [4.69, 9.17) is 16.3 Å². The molecule has 0 unspecified atom stereocenters. The van der Waals surface area contributed by atoms with Crippen molar-refractivity contribution < 1.29 is 9.53 Å². The summed E-state index contributed by atoms with van der Waals surface area (Å²) in [5.41, 5.74) is 1.21. The van der Waals surface area contributed by atoms with Crippen LogP contribution in [0.4, 0.5) is 11.6 Å². The minimum Gasteiger partial charge on any atom is -0.376 e. The zero-order chi connectivity index (χ0) is 15.9. The fraction of sp³-hybridized carbons (Fsp3) is 0.312. The van der Waals surface area contributed by atoms with E-state index >= 15 is 0 Å². The molecule has 118 valence electrons. The van der Waals surface area contributed by atoms with Gasteiger partial charge in [0.25, 0.3) is 5.91 Å². The van der Waals surface area contributed by atoms with Crippen molar-refractivity contribution in [1.82, 2.24) is 14.9 Å². The number of aromatic nitrogens is 2. The second kappa shape index (κ2) is 5.47. The number of nitrogens with one attached hydrogen (secondary N) is 1. The van der Waals surface area contributed by atoms with E-state index in [1.54, 1.807) is 24.5 Å². The Labute approximate surface area is 138 Å². The number of ether oxygens (including phenoxy) is 1. The number of rotatable bonds is 3. The average molecular weight is 331 g/mol. The molecule has 1 aromatic carbocycles. The number of benzene rings is 1. The molecule has 0 aliphatic carbocycles. The highest BCUT2D eigenvalue weighted by atomic mass is 35.5. The van der Waals surface area contributed by atoms with Crippen molar-refractivity contribution in [2.75, 3.05) is 25.1 Å². The fourth-order valence-corrected chi connectivity index (χ4v) is 3.04. The molecule has 2 aliphatic rings. The average Bonchev–Trinajstić information content (AvgIpc) is 2.45. The summed E-state index contributed by atoms with van der Waals surface area (Å²) in [5.74, 6) is 0.392. The highest BCUT2D eigenvalue weighted by molar-refractivity contribution is 6.30. The molecule has 0 radical (unpaired) electrons. The zero-order valence-corrected chi connectivity index (χ0v) is 13.1. The molecule has 2 fully saturated rings. The number of carbonyl (C=O) groups is 1. The fourth-order valence-electron chi connectivity index (χ4n) is 2.85. The van der Waals surface area contributed by atoms with E-state index < -0.39 is 0 Å². The number of hydrogen-bond donors (Lipinski definition) is 1. The van der Waals surface area contributed by atoms with E-state index in [2.05, 4.69) is 15.3 Å². The van der Waals surface area contributed by atoms with Crippen molar-refractivity contribution in [2.24, 2.45) is 0 Å². The molecular weight excluding hydrogens is 316 g/mol. The summed E-state index contributed by atoms with van der Waals surface area (Å²) < 4.78 is 5.25. The van der Waals surface area contributed by atoms with Crippen LogP contribution in [-0.2, 0) is 4.74 Å². The standard InChI is InChI=1S/C16H15ClN4O2/c17-12-2-1-3-13(6-12)20-15-18-7-11(8-19-15)14(22)21-5-4-16(21)9-23-10-16/h1-3,6-8H,4-5,9-10H2,(H,18,19,20). The van der Waals surface area contributed by atoms with Gasteiger partial charge < -0.3 is 15.0 Å². The molecule has 1 spiro atoms. The van der Waals surface area contributed by atoms with Crippen LogP contribution in [0.2, 0.25) is 5.02 Å². The predicted molar refractivity (Wildman–Crippen MR) is 86.0 cm³/mol. The van der Waals surface area contributed by atoms with E-state index in [9.17, 15) is 4.79 Å². The molecule has 4 rings (SSSR count). The molecule has 7 heteroatoms. The monoisotopic (exact) mass is 330 g/mol. The van der Waals surface area contributed by atoms with E-state index in [1.165, 1.54) is 0 Å². The molecule has 6 nitrogen and oxygen atoms in total. The van der Waals surface area contributed by atoms with Gasteiger partial charge in [0.05, 0.1) is 24.3 Å². The third-order valence-electron chi connectivity index (χ3n) is 4.34. The van der Waals surface area contributed by atoms with E-state index in [0.29, 0.717) is 29.7 Å². The lowest BCUT2D eigenvalue weighted by Gasteiger charge is -2.57. The molecule has 2 aliphatic heterocycles. The SMILES string of the molecule is O=C(c1cnc(Nc2cccc(Cl)c2)nc1)N1CCC12COC2. The van der Waals surface area contributed by atoms with Crippen molar-refractivity contribution in [2.45, 2.75) is 12.0 Å². The van der Waals surface area contributed by atoms with Gasteiger partial charge in [-0.1, -0.05) is 17.7 Å². The van der Waals surface area contributed by atoms with Gasteiger partial charge in [0, 0.05) is 29.6 Å². The Morgan fingerprint density at radius 2 is 2.09 bits per heavy atom. The summed E-state index contributed by atoms with van der Waals surface area (Å²) in [4.78, 5) is 22.8. The van der Waals surface area contributed by atoms with Gasteiger partial charge in [0.2, 0.25) is 5.95 Å². The highest BCUT2D eigenvalue weighted by Gasteiger charge is 2.53. The molecule has 1 aromatic heterocycles. The lowest BCUT2D eigenvalue weighted by atomic mass is 9.82. The maximum absolute atomic E-state index is 12.5. The smallest absolute Gasteiger partial charge is 0.257 e. The maximum atomic E-state index is 12.5. The summed E-state index contributed by atoms with van der Waals surface area (Å²) in [6.45, 7) is 2.03. The molecular formula is C16H15ClN4O2. The minimum absolute atomic E-state index is 0.0335. The maximum Gasteiger partial charge on any atom is 0.257 e. The van der Waals surface area contributed by atoms with Gasteiger partial charge in [-0.15, -0.1) is 0 Å². The van der Waals surface area contributed by atoms with Crippen molar-refractivity contribution in [1.29, 1.82) is 0 Å². The molecule has 3 heterocycles. The summed E-state index contributed by atoms with van der Waals surface area (Å²) in [6, 6.07) is 7.29. The van der Waals surface area contributed by atoms with Crippen LogP contribution < -0.4 is 5.32 Å². The number of amides is 1. The Bertz CT molecular complexity index is 740. The van der Waals surface area contributed by atoms with Crippen LogP contribution in [0.1, 0.15) is 16.8 Å². The van der Waals surface area contributed by atoms with Gasteiger partial charge >= 0.3 is 0 Å². The number of nitrogens with zero attached hydrogens (tertiary/aromatic N) is 3. The number of hydrogen-bond acceptors (Lipinski definition) is 5. The Morgan fingerprint density at radius 3 is 2.65 bits per heavy atom. The van der Waals surface area contributed by atoms with Crippen LogP contribution in [0.15, 0.2) is 36.7 Å². The zero-order valence-electron chi connectivity index (χ0n) is 12.3. The quantitative estimate of drug-likeness (QED) is 0.936. The van der Waals surface area contributed by atoms with Crippen molar-refractivity contribution in [3.63, 3.8) is 0 Å². The van der Waals surface area contributed by atoms with Gasteiger partial charge in [-0.2, -0.15) is 0 Å².